The van der Waals surface area contributed by atoms with Crippen molar-refractivity contribution in [2.45, 2.75) is 31.8 Å². The number of nitrogens with two attached hydrogens (primary N) is 1. The van der Waals surface area contributed by atoms with Crippen molar-refractivity contribution in [2.24, 2.45) is 0 Å². The highest BCUT2D eigenvalue weighted by Gasteiger charge is 2.20. The summed E-state index contributed by atoms with van der Waals surface area (Å²) in [4.78, 5) is 4.04. The van der Waals surface area contributed by atoms with Gasteiger partial charge in [0.1, 0.15) is 11.6 Å². The lowest BCUT2D eigenvalue weighted by Crippen LogP contribution is -2.14. The molecule has 0 radical (unpaired) electrons. The lowest BCUT2D eigenvalue weighted by Gasteiger charge is -2.08. The van der Waals surface area contributed by atoms with E-state index in [1.54, 1.807) is 11.5 Å². The van der Waals surface area contributed by atoms with Crippen LogP contribution in [-0.4, -0.2) is 18.0 Å². The van der Waals surface area contributed by atoms with E-state index in [0.717, 1.165) is 18.6 Å². The fraction of sp³-hybridized carbons (Fsp3) is 0.308. The van der Waals surface area contributed by atoms with Crippen molar-refractivity contribution in [3.63, 3.8) is 0 Å². The van der Waals surface area contributed by atoms with Gasteiger partial charge in [-0.2, -0.15) is 8.42 Å². The molecule has 2 aromatic rings. The largest absolute Gasteiger partial charge is 0.397 e. The standard InChI is InChI=1S/C13H17FN4O2S/c1-3-6-18-8-13(16-9(18)2)21(19,20)17-12-5-4-10(14)7-11(12)15/h4-5,7-8,17H,3,6,15H2,1-2H3. The van der Waals surface area contributed by atoms with Crippen molar-refractivity contribution in [3.8, 4) is 0 Å². The molecule has 3 N–H and O–H groups in total. The molecule has 0 fully saturated rings. The second kappa shape index (κ2) is 5.72. The average Bonchev–Trinajstić information content (AvgIpc) is 2.76. The molecule has 1 heterocycles. The predicted molar refractivity (Wildman–Crippen MR) is 78.9 cm³/mol. The van der Waals surface area contributed by atoms with Gasteiger partial charge in [-0.05, 0) is 31.5 Å². The Balaban J connectivity index is 2.32. The van der Waals surface area contributed by atoms with Crippen LogP contribution in [0, 0.1) is 12.7 Å². The minimum absolute atomic E-state index is 0.0169. The Kier molecular flexibility index (Phi) is 4.17. The molecule has 0 atom stereocenters. The maximum atomic E-state index is 13.0. The molecule has 114 valence electrons. The fourth-order valence-corrected chi connectivity index (χ4v) is 3.00. The molecule has 8 heteroatoms. The molecule has 0 aliphatic heterocycles. The van der Waals surface area contributed by atoms with E-state index in [4.69, 9.17) is 5.73 Å². The fourth-order valence-electron chi connectivity index (χ4n) is 1.90. The highest BCUT2D eigenvalue weighted by atomic mass is 32.2. The Morgan fingerprint density at radius 2 is 2.14 bits per heavy atom. The molecule has 0 unspecified atom stereocenters. The number of nitrogen functional groups attached to an aromatic ring is 1. The smallest absolute Gasteiger partial charge is 0.281 e. The number of anilines is 2. The molecule has 0 spiro atoms. The van der Waals surface area contributed by atoms with Gasteiger partial charge in [0.05, 0.1) is 11.4 Å². The van der Waals surface area contributed by atoms with E-state index in [0.29, 0.717) is 12.4 Å². The van der Waals surface area contributed by atoms with E-state index in [1.807, 2.05) is 6.92 Å². The van der Waals surface area contributed by atoms with Crippen LogP contribution in [0.15, 0.2) is 29.4 Å². The summed E-state index contributed by atoms with van der Waals surface area (Å²) in [5.74, 6) is 0.0859. The Morgan fingerprint density at radius 3 is 2.76 bits per heavy atom. The lowest BCUT2D eigenvalue weighted by atomic mass is 10.3. The molecule has 0 aliphatic rings. The van der Waals surface area contributed by atoms with Gasteiger partial charge in [-0.1, -0.05) is 6.92 Å². The quantitative estimate of drug-likeness (QED) is 0.828. The zero-order valence-electron chi connectivity index (χ0n) is 11.8. The van der Waals surface area contributed by atoms with Crippen LogP contribution in [0.1, 0.15) is 19.2 Å². The zero-order chi connectivity index (χ0) is 15.6. The number of nitrogens with one attached hydrogen (secondary N) is 1. The van der Waals surface area contributed by atoms with Crippen molar-refractivity contribution < 1.29 is 12.8 Å². The summed E-state index contributed by atoms with van der Waals surface area (Å²) in [5.41, 5.74) is 5.74. The second-order valence-electron chi connectivity index (χ2n) is 4.66. The average molecular weight is 312 g/mol. The number of sulfonamides is 1. The third-order valence-electron chi connectivity index (χ3n) is 2.95. The van der Waals surface area contributed by atoms with Crippen LogP contribution < -0.4 is 10.5 Å². The molecule has 0 saturated carbocycles. The Bertz CT molecular complexity index is 756. The van der Waals surface area contributed by atoms with E-state index >= 15 is 0 Å². The molecule has 0 saturated heterocycles. The van der Waals surface area contributed by atoms with E-state index in [9.17, 15) is 12.8 Å². The first-order valence-electron chi connectivity index (χ1n) is 6.45. The Hall–Kier alpha value is -2.09. The first kappa shape index (κ1) is 15.3. The molecule has 0 bridgehead atoms. The summed E-state index contributed by atoms with van der Waals surface area (Å²) in [7, 11) is -3.85. The van der Waals surface area contributed by atoms with Gasteiger partial charge in [-0.15, -0.1) is 0 Å². The number of benzene rings is 1. The van der Waals surface area contributed by atoms with Crippen LogP contribution in [0.5, 0.6) is 0 Å². The summed E-state index contributed by atoms with van der Waals surface area (Å²) < 4.78 is 41.6. The number of imidazole rings is 1. The SMILES string of the molecule is CCCn1cc(S(=O)(=O)Nc2ccc(F)cc2N)nc1C. The summed E-state index contributed by atoms with van der Waals surface area (Å²) in [6.07, 6.45) is 2.34. The van der Waals surface area contributed by atoms with Gasteiger partial charge < -0.3 is 10.3 Å². The van der Waals surface area contributed by atoms with Gasteiger partial charge in [0.2, 0.25) is 0 Å². The van der Waals surface area contributed by atoms with Crippen LogP contribution in [-0.2, 0) is 16.6 Å². The van der Waals surface area contributed by atoms with E-state index in [1.165, 1.54) is 12.3 Å². The number of hydrogen-bond donors (Lipinski definition) is 2. The molecule has 2 rings (SSSR count). The lowest BCUT2D eigenvalue weighted by molar-refractivity contribution is 0.597. The van der Waals surface area contributed by atoms with Crippen LogP contribution in [0.3, 0.4) is 0 Å². The van der Waals surface area contributed by atoms with Crippen molar-refractivity contribution >= 4 is 21.4 Å². The van der Waals surface area contributed by atoms with Crippen LogP contribution >= 0.6 is 0 Å². The van der Waals surface area contributed by atoms with E-state index in [-0.39, 0.29) is 16.4 Å². The monoisotopic (exact) mass is 312 g/mol. The molecule has 1 aromatic heterocycles. The van der Waals surface area contributed by atoms with Gasteiger partial charge in [0, 0.05) is 12.7 Å². The third kappa shape index (κ3) is 3.33. The molecule has 6 nitrogen and oxygen atoms in total. The van der Waals surface area contributed by atoms with Crippen molar-refractivity contribution in [1.82, 2.24) is 9.55 Å². The Labute approximate surface area is 122 Å². The van der Waals surface area contributed by atoms with Crippen LogP contribution in [0.4, 0.5) is 15.8 Å². The summed E-state index contributed by atoms with van der Waals surface area (Å²) in [6, 6.07) is 3.46. The van der Waals surface area contributed by atoms with Gasteiger partial charge in [-0.3, -0.25) is 4.72 Å². The topological polar surface area (TPSA) is 90.0 Å². The maximum Gasteiger partial charge on any atom is 0.281 e. The summed E-state index contributed by atoms with van der Waals surface area (Å²) in [6.45, 7) is 4.42. The highest BCUT2D eigenvalue weighted by molar-refractivity contribution is 7.92. The van der Waals surface area contributed by atoms with Gasteiger partial charge in [0.25, 0.3) is 10.0 Å². The van der Waals surface area contributed by atoms with Crippen LogP contribution in [0.2, 0.25) is 0 Å². The number of nitrogens with zero attached hydrogens (tertiary/aromatic N) is 2. The Morgan fingerprint density at radius 1 is 1.43 bits per heavy atom. The van der Waals surface area contributed by atoms with Gasteiger partial charge >= 0.3 is 0 Å². The van der Waals surface area contributed by atoms with E-state index < -0.39 is 15.8 Å². The molecule has 0 amide bonds. The normalized spacial score (nSPS) is 11.6. The number of hydrogen-bond acceptors (Lipinski definition) is 4. The minimum Gasteiger partial charge on any atom is -0.397 e. The molecule has 0 aliphatic carbocycles. The second-order valence-corrected chi connectivity index (χ2v) is 6.29. The van der Waals surface area contributed by atoms with Gasteiger partial charge in [0.15, 0.2) is 5.03 Å². The highest BCUT2D eigenvalue weighted by Crippen LogP contribution is 2.22. The number of aromatic nitrogens is 2. The van der Waals surface area contributed by atoms with E-state index in [2.05, 4.69) is 9.71 Å². The first-order valence-corrected chi connectivity index (χ1v) is 7.93. The first-order chi connectivity index (χ1) is 9.83. The molecule has 21 heavy (non-hydrogen) atoms. The number of halogens is 1. The third-order valence-corrected chi connectivity index (χ3v) is 4.19. The minimum atomic E-state index is -3.85. The van der Waals surface area contributed by atoms with Gasteiger partial charge in [-0.25, -0.2) is 9.37 Å². The maximum absolute atomic E-state index is 13.0. The number of rotatable bonds is 5. The van der Waals surface area contributed by atoms with Crippen molar-refractivity contribution in [3.05, 3.63) is 36.0 Å². The summed E-state index contributed by atoms with van der Waals surface area (Å²) >= 11 is 0. The van der Waals surface area contributed by atoms with Crippen molar-refractivity contribution in [2.75, 3.05) is 10.5 Å². The van der Waals surface area contributed by atoms with Crippen LogP contribution in [0.25, 0.3) is 0 Å². The predicted octanol–water partition coefficient (Wildman–Crippen LogP) is 2.12. The molecule has 1 aromatic carbocycles. The molecular formula is C13H17FN4O2S. The van der Waals surface area contributed by atoms with Crippen molar-refractivity contribution in [1.29, 1.82) is 0 Å². The summed E-state index contributed by atoms with van der Waals surface area (Å²) in [5, 5.41) is -0.0859. The number of aryl methyl sites for hydroxylation is 2. The molecular weight excluding hydrogens is 295 g/mol. The zero-order valence-corrected chi connectivity index (χ0v) is 12.6.